The predicted molar refractivity (Wildman–Crippen MR) is 128 cm³/mol. The first-order valence-electron chi connectivity index (χ1n) is 13.1. The minimum atomic E-state index is -0.612. The van der Waals surface area contributed by atoms with Crippen molar-refractivity contribution in [3.05, 3.63) is 34.9 Å². The topological polar surface area (TPSA) is 0 Å². The van der Waals surface area contributed by atoms with Gasteiger partial charge in [-0.1, -0.05) is 95.5 Å². The van der Waals surface area contributed by atoms with Crippen LogP contribution in [0.15, 0.2) is 12.1 Å². The van der Waals surface area contributed by atoms with Crippen molar-refractivity contribution >= 4 is 8.80 Å². The zero-order valence-electron chi connectivity index (χ0n) is 19.5. The summed E-state index contributed by atoms with van der Waals surface area (Å²) >= 11 is 0. The average Bonchev–Trinajstić information content (AvgIpc) is 2.77. The van der Waals surface area contributed by atoms with Crippen LogP contribution in [0.1, 0.15) is 95.6 Å². The van der Waals surface area contributed by atoms with Gasteiger partial charge in [0, 0.05) is 8.80 Å². The summed E-state index contributed by atoms with van der Waals surface area (Å²) in [5, 5.41) is 0. The Hall–Kier alpha value is -0.703. The van der Waals surface area contributed by atoms with Crippen LogP contribution in [0.5, 0.6) is 0 Å². The molecule has 2 aliphatic rings. The van der Waals surface area contributed by atoms with E-state index in [2.05, 4.69) is 6.92 Å². The lowest BCUT2D eigenvalue weighted by molar-refractivity contribution is 0.184. The predicted octanol–water partition coefficient (Wildman–Crippen LogP) is 8.48. The van der Waals surface area contributed by atoms with Gasteiger partial charge in [-0.3, -0.25) is 0 Å². The van der Waals surface area contributed by atoms with Crippen LogP contribution in [0.2, 0.25) is 18.1 Å². The number of unbranched alkanes of at least 4 members (excludes halogenated alkanes) is 1. The Morgan fingerprint density at radius 2 is 1.37 bits per heavy atom. The molecule has 1 saturated heterocycles. The van der Waals surface area contributed by atoms with Gasteiger partial charge in [0.05, 0.1) is 0 Å². The SMILES string of the molecule is CCCc1ccc(CCCC[C@H]2CC[C@H]([C@H]3CC[Si@H](CCC)CC3)CC2)c(F)c1F. The second kappa shape index (κ2) is 12.4. The van der Waals surface area contributed by atoms with E-state index in [1.54, 1.807) is 37.0 Å². The normalized spacial score (nSPS) is 27.3. The van der Waals surface area contributed by atoms with Gasteiger partial charge in [-0.2, -0.15) is 0 Å². The Balaban J connectivity index is 1.32. The van der Waals surface area contributed by atoms with E-state index in [0.29, 0.717) is 24.0 Å². The summed E-state index contributed by atoms with van der Waals surface area (Å²) < 4.78 is 28.4. The highest BCUT2D eigenvalue weighted by atomic mass is 28.3. The van der Waals surface area contributed by atoms with E-state index in [1.165, 1.54) is 38.5 Å². The van der Waals surface area contributed by atoms with Gasteiger partial charge in [0.25, 0.3) is 0 Å². The van der Waals surface area contributed by atoms with Crippen molar-refractivity contribution in [2.75, 3.05) is 0 Å². The van der Waals surface area contributed by atoms with Crippen molar-refractivity contribution in [1.82, 2.24) is 0 Å². The van der Waals surface area contributed by atoms with Crippen LogP contribution in [0.4, 0.5) is 8.78 Å². The van der Waals surface area contributed by atoms with Crippen molar-refractivity contribution in [1.29, 1.82) is 0 Å². The van der Waals surface area contributed by atoms with Gasteiger partial charge in [0.15, 0.2) is 11.6 Å². The van der Waals surface area contributed by atoms with Gasteiger partial charge in [-0.25, -0.2) is 8.78 Å². The third-order valence-electron chi connectivity index (χ3n) is 8.22. The summed E-state index contributed by atoms with van der Waals surface area (Å²) in [5.41, 5.74) is 1.09. The number of halogens is 2. The number of aryl methyl sites for hydroxylation is 2. The molecule has 0 unspecified atom stereocenters. The molecule has 3 rings (SSSR count). The molecule has 0 atom stereocenters. The lowest BCUT2D eigenvalue weighted by atomic mass is 9.73. The van der Waals surface area contributed by atoms with Crippen LogP contribution in [-0.4, -0.2) is 8.80 Å². The standard InChI is InChI=1S/C27H44F2Si/c1-3-7-24-14-15-25(27(29)26(24)28)9-6-5-8-21-10-12-22(13-11-21)23-16-19-30(18-4-2)20-17-23/h14-15,21-23,30H,3-13,16-20H2,1-2H3/t21-,22-,23-,30-. The molecule has 0 radical (unpaired) electrons. The van der Waals surface area contributed by atoms with E-state index in [1.807, 2.05) is 13.0 Å². The van der Waals surface area contributed by atoms with Crippen LogP contribution >= 0.6 is 0 Å². The van der Waals surface area contributed by atoms with Gasteiger partial charge >= 0.3 is 0 Å². The first-order valence-corrected chi connectivity index (χ1v) is 15.5. The lowest BCUT2D eigenvalue weighted by Crippen LogP contribution is -2.28. The highest BCUT2D eigenvalue weighted by molar-refractivity contribution is 6.58. The fraction of sp³-hybridized carbons (Fsp3) is 0.778. The second-order valence-corrected chi connectivity index (χ2v) is 13.8. The molecule has 1 aliphatic heterocycles. The molecule has 1 aromatic rings. The minimum absolute atomic E-state index is 0.341. The Bertz CT molecular complexity index is 628. The summed E-state index contributed by atoms with van der Waals surface area (Å²) in [6.07, 6.45) is 15.8. The molecule has 0 amide bonds. The van der Waals surface area contributed by atoms with Gasteiger partial charge in [-0.15, -0.1) is 0 Å². The van der Waals surface area contributed by atoms with Gasteiger partial charge in [0.2, 0.25) is 0 Å². The van der Waals surface area contributed by atoms with Crippen LogP contribution in [0, 0.1) is 29.4 Å². The van der Waals surface area contributed by atoms with E-state index in [4.69, 9.17) is 0 Å². The smallest absolute Gasteiger partial charge is 0.162 e. The highest BCUT2D eigenvalue weighted by Crippen LogP contribution is 2.42. The van der Waals surface area contributed by atoms with Gasteiger partial charge in [0.1, 0.15) is 0 Å². The van der Waals surface area contributed by atoms with Crippen molar-refractivity contribution in [2.45, 2.75) is 115 Å². The summed E-state index contributed by atoms with van der Waals surface area (Å²) in [4.78, 5) is 0. The monoisotopic (exact) mass is 434 g/mol. The van der Waals surface area contributed by atoms with E-state index >= 15 is 0 Å². The molecule has 0 nitrogen and oxygen atoms in total. The zero-order chi connectivity index (χ0) is 21.3. The van der Waals surface area contributed by atoms with E-state index in [-0.39, 0.29) is 8.80 Å². The molecule has 1 aromatic carbocycles. The molecule has 0 aromatic heterocycles. The molecule has 1 saturated carbocycles. The molecule has 1 aliphatic carbocycles. The molecule has 170 valence electrons. The summed E-state index contributed by atoms with van der Waals surface area (Å²) in [7, 11) is -0.341. The highest BCUT2D eigenvalue weighted by Gasteiger charge is 2.30. The fourth-order valence-corrected chi connectivity index (χ4v) is 9.82. The average molecular weight is 435 g/mol. The third kappa shape index (κ3) is 6.65. The molecule has 1 heterocycles. The van der Waals surface area contributed by atoms with E-state index in [9.17, 15) is 8.78 Å². The maximum Gasteiger partial charge on any atom is 0.162 e. The molecule has 0 spiro atoms. The number of hydrogen-bond donors (Lipinski definition) is 0. The third-order valence-corrected chi connectivity index (χ3v) is 11.9. The zero-order valence-corrected chi connectivity index (χ0v) is 20.7. The van der Waals surface area contributed by atoms with Crippen LogP contribution < -0.4 is 0 Å². The maximum atomic E-state index is 14.3. The molecule has 3 heteroatoms. The fourth-order valence-electron chi connectivity index (χ4n) is 6.34. The van der Waals surface area contributed by atoms with Crippen LogP contribution in [-0.2, 0) is 12.8 Å². The van der Waals surface area contributed by atoms with Crippen LogP contribution in [0.3, 0.4) is 0 Å². The summed E-state index contributed by atoms with van der Waals surface area (Å²) in [6.45, 7) is 4.36. The van der Waals surface area contributed by atoms with E-state index in [0.717, 1.165) is 37.0 Å². The number of hydrogen-bond acceptors (Lipinski definition) is 0. The van der Waals surface area contributed by atoms with Crippen LogP contribution in [0.25, 0.3) is 0 Å². The van der Waals surface area contributed by atoms with Gasteiger partial charge in [-0.05, 0) is 61.0 Å². The molecule has 0 bridgehead atoms. The molecular weight excluding hydrogens is 390 g/mol. The molecule has 0 N–H and O–H groups in total. The second-order valence-electron chi connectivity index (χ2n) is 10.4. The van der Waals surface area contributed by atoms with Crippen molar-refractivity contribution in [3.63, 3.8) is 0 Å². The Labute approximate surface area is 185 Å². The molecule has 30 heavy (non-hydrogen) atoms. The number of rotatable bonds is 10. The summed E-state index contributed by atoms with van der Waals surface area (Å²) in [6, 6.07) is 8.42. The molecule has 2 fully saturated rings. The molecular formula is C27H44F2Si. The quantitative estimate of drug-likeness (QED) is 0.256. The lowest BCUT2D eigenvalue weighted by Gasteiger charge is -2.37. The summed E-state index contributed by atoms with van der Waals surface area (Å²) in [5.74, 6) is 1.72. The largest absolute Gasteiger partial charge is 0.203 e. The first kappa shape index (κ1) is 23.9. The van der Waals surface area contributed by atoms with Crippen molar-refractivity contribution < 1.29 is 8.78 Å². The first-order chi connectivity index (χ1) is 14.6. The van der Waals surface area contributed by atoms with Crippen molar-refractivity contribution in [3.8, 4) is 0 Å². The van der Waals surface area contributed by atoms with E-state index < -0.39 is 11.6 Å². The maximum absolute atomic E-state index is 14.3. The Kier molecular flexibility index (Phi) is 9.87. The Morgan fingerprint density at radius 3 is 1.97 bits per heavy atom. The number of benzene rings is 1. The van der Waals surface area contributed by atoms with Gasteiger partial charge < -0.3 is 0 Å². The van der Waals surface area contributed by atoms with Crippen molar-refractivity contribution in [2.24, 2.45) is 17.8 Å². The minimum Gasteiger partial charge on any atom is -0.203 e. The Morgan fingerprint density at radius 1 is 0.767 bits per heavy atom.